The zero-order chi connectivity index (χ0) is 22.9. The number of aromatic nitrogens is 3. The summed E-state index contributed by atoms with van der Waals surface area (Å²) in [6, 6.07) is 7.38. The van der Waals surface area contributed by atoms with Crippen molar-refractivity contribution in [3.63, 3.8) is 0 Å². The zero-order valence-corrected chi connectivity index (χ0v) is 18.4. The molecule has 1 aromatic carbocycles. The lowest BCUT2D eigenvalue weighted by Gasteiger charge is -2.21. The maximum Gasteiger partial charge on any atom is 0.347 e. The number of nitrogens with zero attached hydrogens (tertiary/aromatic N) is 2. The third kappa shape index (κ3) is 7.44. The zero-order valence-electron chi connectivity index (χ0n) is 18.4. The van der Waals surface area contributed by atoms with E-state index in [0.717, 1.165) is 30.4 Å². The van der Waals surface area contributed by atoms with E-state index < -0.39 is 11.6 Å². The van der Waals surface area contributed by atoms with Gasteiger partial charge < -0.3 is 9.84 Å². The molecule has 7 heteroatoms. The van der Waals surface area contributed by atoms with Crippen LogP contribution in [0.4, 0.5) is 0 Å². The average molecular weight is 426 g/mol. The monoisotopic (exact) mass is 425 g/mol. The molecule has 2 N–H and O–H groups in total. The van der Waals surface area contributed by atoms with E-state index in [9.17, 15) is 9.59 Å². The maximum absolute atomic E-state index is 12.2. The molecular formula is C24H31N3O4. The van der Waals surface area contributed by atoms with Crippen LogP contribution in [0.2, 0.25) is 0 Å². The van der Waals surface area contributed by atoms with E-state index in [1.807, 2.05) is 30.4 Å². The Labute approximate surface area is 182 Å². The molecule has 0 saturated carbocycles. The van der Waals surface area contributed by atoms with Crippen LogP contribution in [0.15, 0.2) is 65.5 Å². The molecule has 1 aromatic heterocycles. The highest BCUT2D eigenvalue weighted by Gasteiger charge is 2.29. The van der Waals surface area contributed by atoms with Crippen LogP contribution in [0.5, 0.6) is 5.75 Å². The highest BCUT2D eigenvalue weighted by atomic mass is 16.5. The molecule has 2 rings (SSSR count). The lowest BCUT2D eigenvalue weighted by molar-refractivity contribution is -0.152. The first-order valence-electron chi connectivity index (χ1n) is 10.4. The minimum absolute atomic E-state index is 0.225. The van der Waals surface area contributed by atoms with Gasteiger partial charge in [-0.2, -0.15) is 5.10 Å². The molecular weight excluding hydrogens is 394 g/mol. The van der Waals surface area contributed by atoms with Crippen molar-refractivity contribution in [3.05, 3.63) is 82.6 Å². The quantitative estimate of drug-likeness (QED) is 0.500. The minimum atomic E-state index is -1.28. The van der Waals surface area contributed by atoms with Gasteiger partial charge in [0.1, 0.15) is 11.6 Å². The van der Waals surface area contributed by atoms with E-state index in [4.69, 9.17) is 9.84 Å². The number of aromatic amines is 1. The van der Waals surface area contributed by atoms with Gasteiger partial charge in [-0.3, -0.25) is 4.98 Å². The second-order valence-corrected chi connectivity index (χ2v) is 7.74. The summed E-state index contributed by atoms with van der Waals surface area (Å²) < 4.78 is 6.95. The number of carboxylic acid groups (broad SMARTS) is 1. The van der Waals surface area contributed by atoms with Crippen LogP contribution in [0, 0.1) is 0 Å². The van der Waals surface area contributed by atoms with Crippen molar-refractivity contribution in [1.29, 1.82) is 0 Å². The first-order chi connectivity index (χ1) is 14.7. The van der Waals surface area contributed by atoms with Crippen LogP contribution in [0.3, 0.4) is 0 Å². The van der Waals surface area contributed by atoms with Gasteiger partial charge in [0.25, 0.3) is 0 Å². The SMILES string of the molecule is C=C/C=C(\C=C/CC)Cn1nc(CCCc2ccc(OC(C)(C)C(=O)O)cc2)[nH]c1=O. The van der Waals surface area contributed by atoms with Crippen LogP contribution in [0.1, 0.15) is 45.0 Å². The molecule has 7 nitrogen and oxygen atoms in total. The molecule has 0 unspecified atom stereocenters. The van der Waals surface area contributed by atoms with Crippen molar-refractivity contribution >= 4 is 5.97 Å². The number of hydrogen-bond donors (Lipinski definition) is 2. The lowest BCUT2D eigenvalue weighted by atomic mass is 10.1. The molecule has 0 aliphatic heterocycles. The summed E-state index contributed by atoms with van der Waals surface area (Å²) >= 11 is 0. The number of nitrogens with one attached hydrogen (secondary N) is 1. The molecule has 0 radical (unpaired) electrons. The third-order valence-corrected chi connectivity index (χ3v) is 4.65. The number of benzene rings is 1. The predicted octanol–water partition coefficient (Wildman–Crippen LogP) is 4.07. The molecule has 166 valence electrons. The first kappa shape index (κ1) is 23.9. The first-order valence-corrected chi connectivity index (χ1v) is 10.4. The fourth-order valence-electron chi connectivity index (χ4n) is 2.90. The summed E-state index contributed by atoms with van der Waals surface area (Å²) in [7, 11) is 0. The van der Waals surface area contributed by atoms with Crippen LogP contribution in [0.25, 0.3) is 0 Å². The molecule has 2 aromatic rings. The van der Waals surface area contributed by atoms with Crippen LogP contribution < -0.4 is 10.4 Å². The van der Waals surface area contributed by atoms with Crippen molar-refractivity contribution in [1.82, 2.24) is 14.8 Å². The molecule has 0 amide bonds. The number of H-pyrrole nitrogens is 1. The number of carboxylic acids is 1. The van der Waals surface area contributed by atoms with E-state index in [-0.39, 0.29) is 5.69 Å². The Hall–Kier alpha value is -3.35. The Morgan fingerprint density at radius 3 is 2.61 bits per heavy atom. The van der Waals surface area contributed by atoms with Gasteiger partial charge in [-0.05, 0) is 56.4 Å². The van der Waals surface area contributed by atoms with Gasteiger partial charge in [0.05, 0.1) is 6.54 Å². The Balaban J connectivity index is 1.92. The van der Waals surface area contributed by atoms with Crippen molar-refractivity contribution in [2.75, 3.05) is 0 Å². The summed E-state index contributed by atoms with van der Waals surface area (Å²) in [6.07, 6.45) is 10.8. The van der Waals surface area contributed by atoms with E-state index in [1.54, 1.807) is 18.2 Å². The summed E-state index contributed by atoms with van der Waals surface area (Å²) in [5.74, 6) is 0.156. The van der Waals surface area contributed by atoms with Gasteiger partial charge in [0.15, 0.2) is 5.60 Å². The van der Waals surface area contributed by atoms with Gasteiger partial charge in [0.2, 0.25) is 0 Å². The minimum Gasteiger partial charge on any atom is -0.478 e. The van der Waals surface area contributed by atoms with Crippen molar-refractivity contribution in [2.45, 2.75) is 58.6 Å². The Morgan fingerprint density at radius 2 is 2.00 bits per heavy atom. The number of rotatable bonds is 12. The van der Waals surface area contributed by atoms with Crippen LogP contribution >= 0.6 is 0 Å². The normalized spacial score (nSPS) is 12.3. The van der Waals surface area contributed by atoms with Gasteiger partial charge in [-0.15, -0.1) is 0 Å². The maximum atomic E-state index is 12.2. The highest BCUT2D eigenvalue weighted by molar-refractivity contribution is 5.76. The Bertz CT molecular complexity index is 995. The molecule has 0 bridgehead atoms. The van der Waals surface area contributed by atoms with Crippen LogP contribution in [-0.2, 0) is 24.2 Å². The number of carbonyl (C=O) groups is 1. The molecule has 0 atom stereocenters. The average Bonchev–Trinajstić information content (AvgIpc) is 3.06. The Kier molecular flexibility index (Phi) is 8.61. The lowest BCUT2D eigenvalue weighted by Crippen LogP contribution is -2.37. The number of aliphatic carboxylic acids is 1. The number of hydrogen-bond acceptors (Lipinski definition) is 4. The highest BCUT2D eigenvalue weighted by Crippen LogP contribution is 2.20. The molecule has 31 heavy (non-hydrogen) atoms. The van der Waals surface area contributed by atoms with E-state index in [2.05, 4.69) is 23.6 Å². The van der Waals surface area contributed by atoms with Gasteiger partial charge in [-0.1, -0.05) is 49.9 Å². The van der Waals surface area contributed by atoms with E-state index in [1.165, 1.54) is 18.5 Å². The topological polar surface area (TPSA) is 97.2 Å². The van der Waals surface area contributed by atoms with Crippen LogP contribution in [-0.4, -0.2) is 31.4 Å². The summed E-state index contributed by atoms with van der Waals surface area (Å²) in [6.45, 7) is 9.19. The molecule has 1 heterocycles. The molecule has 0 aliphatic rings. The van der Waals surface area contributed by atoms with E-state index in [0.29, 0.717) is 24.5 Å². The molecule has 0 spiro atoms. The second-order valence-electron chi connectivity index (χ2n) is 7.74. The number of aryl methyl sites for hydroxylation is 2. The fourth-order valence-corrected chi connectivity index (χ4v) is 2.90. The van der Waals surface area contributed by atoms with Gasteiger partial charge in [-0.25, -0.2) is 14.3 Å². The molecule has 0 fully saturated rings. The largest absolute Gasteiger partial charge is 0.478 e. The fraction of sp³-hybridized carbons (Fsp3) is 0.375. The van der Waals surface area contributed by atoms with Gasteiger partial charge >= 0.3 is 11.7 Å². The van der Waals surface area contributed by atoms with Crippen molar-refractivity contribution < 1.29 is 14.6 Å². The third-order valence-electron chi connectivity index (χ3n) is 4.65. The summed E-state index contributed by atoms with van der Waals surface area (Å²) in [5, 5.41) is 13.6. The number of allylic oxidation sites excluding steroid dienone is 5. The summed E-state index contributed by atoms with van der Waals surface area (Å²) in [5.41, 5.74) is 0.560. The molecule has 0 aliphatic carbocycles. The number of ether oxygens (including phenoxy) is 1. The second kappa shape index (κ2) is 11.2. The Morgan fingerprint density at radius 1 is 1.29 bits per heavy atom. The standard InChI is InChI=1S/C24H31N3O4/c1-5-7-10-19(9-6-2)17-27-23(30)25-21(26-27)12-8-11-18-13-15-20(16-14-18)31-24(3,4)22(28)29/h6-7,9-10,13-16H,2,5,8,11-12,17H2,1,3-4H3,(H,28,29)(H,25,26,30)/b10-7-,19-9+. The van der Waals surface area contributed by atoms with E-state index >= 15 is 0 Å². The van der Waals surface area contributed by atoms with Crippen molar-refractivity contribution in [3.8, 4) is 5.75 Å². The summed E-state index contributed by atoms with van der Waals surface area (Å²) in [4.78, 5) is 26.2. The van der Waals surface area contributed by atoms with Crippen molar-refractivity contribution in [2.24, 2.45) is 0 Å². The molecule has 0 saturated heterocycles. The smallest absolute Gasteiger partial charge is 0.347 e. The van der Waals surface area contributed by atoms with Gasteiger partial charge in [0, 0.05) is 6.42 Å². The predicted molar refractivity (Wildman–Crippen MR) is 121 cm³/mol.